The lowest BCUT2D eigenvalue weighted by Crippen LogP contribution is -2.00. The zero-order chi connectivity index (χ0) is 11.5. The van der Waals surface area contributed by atoms with Gasteiger partial charge in [-0.15, -0.1) is 0 Å². The molecule has 1 aromatic carbocycles. The van der Waals surface area contributed by atoms with Crippen LogP contribution in [-0.4, -0.2) is 5.78 Å². The lowest BCUT2D eigenvalue weighted by atomic mass is 10.0. The first-order valence-electron chi connectivity index (χ1n) is 5.31. The van der Waals surface area contributed by atoms with E-state index in [0.29, 0.717) is 17.0 Å². The van der Waals surface area contributed by atoms with Crippen LogP contribution >= 0.6 is 11.6 Å². The number of carbonyl (C=O) groups excluding carboxylic acids is 1. The molecule has 0 unspecified atom stereocenters. The first-order chi connectivity index (χ1) is 7.66. The van der Waals surface area contributed by atoms with E-state index < -0.39 is 0 Å². The quantitative estimate of drug-likeness (QED) is 0.715. The predicted octanol–water partition coefficient (Wildman–Crippen LogP) is 4.19. The fourth-order valence-corrected chi connectivity index (χ4v) is 2.02. The molecule has 0 radical (unpaired) electrons. The van der Waals surface area contributed by atoms with Crippen LogP contribution in [-0.2, 0) is 0 Å². The number of rotatable bonds is 3. The molecule has 0 aromatic heterocycles. The highest BCUT2D eigenvalue weighted by atomic mass is 35.5. The lowest BCUT2D eigenvalue weighted by Gasteiger charge is -2.04. The van der Waals surface area contributed by atoms with E-state index >= 15 is 0 Å². The maximum Gasteiger partial charge on any atom is 0.166 e. The average Bonchev–Trinajstić information content (AvgIpc) is 2.64. The van der Waals surface area contributed by atoms with Crippen LogP contribution in [0.2, 0.25) is 5.02 Å². The van der Waals surface area contributed by atoms with E-state index in [1.807, 2.05) is 19.1 Å². The third-order valence-electron chi connectivity index (χ3n) is 2.81. The smallest absolute Gasteiger partial charge is 0.166 e. The summed E-state index contributed by atoms with van der Waals surface area (Å²) in [7, 11) is 0. The summed E-state index contributed by atoms with van der Waals surface area (Å²) in [4.78, 5) is 12.0. The zero-order valence-corrected chi connectivity index (χ0v) is 9.92. The van der Waals surface area contributed by atoms with Crippen LogP contribution in [0, 0.1) is 0 Å². The molecule has 0 aliphatic heterocycles. The number of ketones is 1. The van der Waals surface area contributed by atoms with Crippen LogP contribution in [0.3, 0.4) is 0 Å². The van der Waals surface area contributed by atoms with Crippen LogP contribution in [0.5, 0.6) is 0 Å². The van der Waals surface area contributed by atoms with Crippen molar-refractivity contribution in [1.82, 2.24) is 0 Å². The topological polar surface area (TPSA) is 17.1 Å². The molecule has 2 rings (SSSR count). The molecule has 1 aromatic rings. The molecule has 0 atom stereocenters. The van der Waals surface area contributed by atoms with Crippen molar-refractivity contribution in [3.8, 4) is 0 Å². The van der Waals surface area contributed by atoms with E-state index in [1.54, 1.807) is 12.1 Å². The third-order valence-corrected chi connectivity index (χ3v) is 3.05. The summed E-state index contributed by atoms with van der Waals surface area (Å²) < 4.78 is 0. The van der Waals surface area contributed by atoms with Crippen molar-refractivity contribution in [2.75, 3.05) is 0 Å². The Morgan fingerprint density at radius 1 is 1.44 bits per heavy atom. The van der Waals surface area contributed by atoms with Crippen molar-refractivity contribution in [1.29, 1.82) is 0 Å². The van der Waals surface area contributed by atoms with Crippen LogP contribution in [0.1, 0.15) is 30.1 Å². The number of carbonyl (C=O) groups is 1. The average molecular weight is 233 g/mol. The Kier molecular flexibility index (Phi) is 3.25. The molecule has 82 valence electrons. The number of benzene rings is 1. The van der Waals surface area contributed by atoms with Crippen molar-refractivity contribution in [3.05, 3.63) is 58.1 Å². The minimum Gasteiger partial charge on any atom is -0.294 e. The zero-order valence-electron chi connectivity index (χ0n) is 9.16. The van der Waals surface area contributed by atoms with Crippen molar-refractivity contribution in [3.63, 3.8) is 0 Å². The molecule has 1 nitrogen and oxygen atoms in total. The normalized spacial score (nSPS) is 14.6. The third kappa shape index (κ3) is 2.42. The molecule has 16 heavy (non-hydrogen) atoms. The highest BCUT2D eigenvalue weighted by molar-refractivity contribution is 6.31. The number of hydrogen-bond donors (Lipinski definition) is 0. The van der Waals surface area contributed by atoms with Gasteiger partial charge in [0.15, 0.2) is 5.78 Å². The fraction of sp³-hybridized carbons (Fsp3) is 0.214. The summed E-state index contributed by atoms with van der Waals surface area (Å²) in [5.74, 6) is 0.139. The van der Waals surface area contributed by atoms with Gasteiger partial charge in [-0.05, 0) is 25.5 Å². The van der Waals surface area contributed by atoms with E-state index in [4.69, 9.17) is 11.6 Å². The Bertz CT molecular complexity index is 483. The van der Waals surface area contributed by atoms with Gasteiger partial charge in [0.1, 0.15) is 0 Å². The number of allylic oxidation sites excluding steroid dienone is 4. The monoisotopic (exact) mass is 232 g/mol. The van der Waals surface area contributed by atoms with E-state index in [1.165, 1.54) is 11.1 Å². The summed E-state index contributed by atoms with van der Waals surface area (Å²) in [6.45, 7) is 2.05. The van der Waals surface area contributed by atoms with Crippen LogP contribution in [0.4, 0.5) is 0 Å². The maximum atomic E-state index is 12.0. The Balaban J connectivity index is 2.12. The molecule has 2 heteroatoms. The second kappa shape index (κ2) is 4.67. The van der Waals surface area contributed by atoms with Crippen molar-refractivity contribution in [2.45, 2.75) is 19.8 Å². The second-order valence-corrected chi connectivity index (χ2v) is 4.44. The Labute approximate surface area is 100 Å². The molecule has 1 aliphatic rings. The van der Waals surface area contributed by atoms with E-state index in [2.05, 4.69) is 12.2 Å². The Morgan fingerprint density at radius 2 is 2.25 bits per heavy atom. The van der Waals surface area contributed by atoms with Crippen LogP contribution < -0.4 is 0 Å². The Hall–Kier alpha value is -1.34. The van der Waals surface area contributed by atoms with Gasteiger partial charge in [-0.2, -0.15) is 0 Å². The molecule has 1 aliphatic carbocycles. The summed E-state index contributed by atoms with van der Waals surface area (Å²) in [6, 6.07) is 7.12. The van der Waals surface area contributed by atoms with Gasteiger partial charge >= 0.3 is 0 Å². The first kappa shape index (κ1) is 11.2. The molecule has 0 N–H and O–H groups in total. The standard InChI is InChI=1S/C14H13ClO/c1-10-4-2-5-11(10)9-14(16)12-6-3-7-13(15)8-12/h2-4,6-8H,5,9H2,1H3. The summed E-state index contributed by atoms with van der Waals surface area (Å²) in [5.41, 5.74) is 3.13. The molecule has 0 heterocycles. The maximum absolute atomic E-state index is 12.0. The number of halogens is 1. The highest BCUT2D eigenvalue weighted by Gasteiger charge is 2.12. The first-order valence-corrected chi connectivity index (χ1v) is 5.68. The lowest BCUT2D eigenvalue weighted by molar-refractivity contribution is 0.0992. The minimum absolute atomic E-state index is 0.139. The summed E-state index contributed by atoms with van der Waals surface area (Å²) in [6.07, 6.45) is 5.56. The molecule has 0 spiro atoms. The van der Waals surface area contributed by atoms with Crippen molar-refractivity contribution >= 4 is 17.4 Å². The highest BCUT2D eigenvalue weighted by Crippen LogP contribution is 2.23. The second-order valence-electron chi connectivity index (χ2n) is 4.00. The fourth-order valence-electron chi connectivity index (χ4n) is 1.83. The molecule has 0 amide bonds. The van der Waals surface area contributed by atoms with E-state index in [-0.39, 0.29) is 5.78 Å². The molecular formula is C14H13ClO. The number of Topliss-reactive ketones (excluding diaryl/α,β-unsaturated/α-hetero) is 1. The Morgan fingerprint density at radius 3 is 2.88 bits per heavy atom. The molecular weight excluding hydrogens is 220 g/mol. The van der Waals surface area contributed by atoms with Gasteiger partial charge in [-0.1, -0.05) is 47.0 Å². The van der Waals surface area contributed by atoms with Gasteiger partial charge in [0.2, 0.25) is 0 Å². The summed E-state index contributed by atoms with van der Waals surface area (Å²) in [5, 5.41) is 0.612. The van der Waals surface area contributed by atoms with Gasteiger partial charge in [0.05, 0.1) is 0 Å². The molecule has 0 saturated heterocycles. The largest absolute Gasteiger partial charge is 0.294 e. The minimum atomic E-state index is 0.139. The number of hydrogen-bond acceptors (Lipinski definition) is 1. The van der Waals surface area contributed by atoms with Crippen molar-refractivity contribution in [2.24, 2.45) is 0 Å². The molecule has 0 saturated carbocycles. The van der Waals surface area contributed by atoms with Gasteiger partial charge in [0.25, 0.3) is 0 Å². The van der Waals surface area contributed by atoms with Gasteiger partial charge < -0.3 is 0 Å². The SMILES string of the molecule is CC1=C(CC(=O)c2cccc(Cl)c2)CC=C1. The van der Waals surface area contributed by atoms with Crippen molar-refractivity contribution < 1.29 is 4.79 Å². The van der Waals surface area contributed by atoms with E-state index in [9.17, 15) is 4.79 Å². The van der Waals surface area contributed by atoms with Crippen LogP contribution in [0.25, 0.3) is 0 Å². The molecule has 0 bridgehead atoms. The van der Waals surface area contributed by atoms with Gasteiger partial charge in [-0.25, -0.2) is 0 Å². The van der Waals surface area contributed by atoms with Gasteiger partial charge in [-0.3, -0.25) is 4.79 Å². The van der Waals surface area contributed by atoms with Crippen LogP contribution in [0.15, 0.2) is 47.6 Å². The van der Waals surface area contributed by atoms with E-state index in [0.717, 1.165) is 6.42 Å². The predicted molar refractivity (Wildman–Crippen MR) is 66.9 cm³/mol. The summed E-state index contributed by atoms with van der Waals surface area (Å²) >= 11 is 5.86. The molecule has 0 fully saturated rings. The van der Waals surface area contributed by atoms with Gasteiger partial charge in [0, 0.05) is 17.0 Å².